The molecule has 6 heteroatoms. The van der Waals surface area contributed by atoms with Gasteiger partial charge in [0.25, 0.3) is 0 Å². The van der Waals surface area contributed by atoms with Gasteiger partial charge in [0.1, 0.15) is 0 Å². The molecule has 1 saturated carbocycles. The summed E-state index contributed by atoms with van der Waals surface area (Å²) in [5.41, 5.74) is 1.99. The van der Waals surface area contributed by atoms with E-state index in [-0.39, 0.29) is 12.6 Å². The quantitative estimate of drug-likeness (QED) is 0.855. The van der Waals surface area contributed by atoms with Crippen molar-refractivity contribution in [1.29, 1.82) is 0 Å². The van der Waals surface area contributed by atoms with Crippen molar-refractivity contribution in [2.24, 2.45) is 0 Å². The topological polar surface area (TPSA) is 74.7 Å². The van der Waals surface area contributed by atoms with Crippen LogP contribution in [0.1, 0.15) is 24.0 Å². The minimum atomic E-state index is -3.73. The third-order valence-corrected chi connectivity index (χ3v) is 4.83. The van der Waals surface area contributed by atoms with Crippen LogP contribution in [-0.2, 0) is 21.4 Å². The van der Waals surface area contributed by atoms with Gasteiger partial charge in [-0.15, -0.1) is 0 Å². The first-order chi connectivity index (χ1) is 8.88. The fourth-order valence-electron chi connectivity index (χ4n) is 1.93. The fourth-order valence-corrected chi connectivity index (χ4v) is 3.42. The third-order valence-electron chi connectivity index (χ3n) is 3.08. The smallest absolute Gasteiger partial charge is 0.320 e. The van der Waals surface area contributed by atoms with Gasteiger partial charge in [-0.3, -0.25) is 4.79 Å². The molecule has 1 aliphatic carbocycles. The average molecular weight is 283 g/mol. The van der Waals surface area contributed by atoms with E-state index in [4.69, 9.17) is 5.11 Å². The van der Waals surface area contributed by atoms with E-state index in [2.05, 4.69) is 0 Å². The van der Waals surface area contributed by atoms with Gasteiger partial charge in [-0.2, -0.15) is 4.31 Å². The first kappa shape index (κ1) is 14.0. The number of sulfonamides is 1. The molecule has 0 radical (unpaired) electrons. The van der Waals surface area contributed by atoms with Crippen molar-refractivity contribution in [3.05, 3.63) is 35.4 Å². The minimum Gasteiger partial charge on any atom is -0.480 e. The van der Waals surface area contributed by atoms with Crippen LogP contribution in [0.5, 0.6) is 0 Å². The number of nitrogens with zero attached hydrogens (tertiary/aromatic N) is 1. The molecule has 0 heterocycles. The molecule has 0 amide bonds. The Bertz CT molecular complexity index is 561. The van der Waals surface area contributed by atoms with Crippen LogP contribution in [0.2, 0.25) is 0 Å². The number of benzene rings is 1. The molecule has 0 spiro atoms. The zero-order chi connectivity index (χ0) is 14.0. The molecule has 0 bridgehead atoms. The summed E-state index contributed by atoms with van der Waals surface area (Å²) in [4.78, 5) is 10.7. The summed E-state index contributed by atoms with van der Waals surface area (Å²) in [6.45, 7) is 2.21. The molecule has 0 atom stereocenters. The highest BCUT2D eigenvalue weighted by Crippen LogP contribution is 2.31. The van der Waals surface area contributed by atoms with E-state index in [9.17, 15) is 13.2 Å². The molecular formula is C13H17NO4S. The Morgan fingerprint density at radius 1 is 1.32 bits per heavy atom. The summed E-state index contributed by atoms with van der Waals surface area (Å²) in [5, 5.41) is 8.70. The van der Waals surface area contributed by atoms with Crippen molar-refractivity contribution in [2.75, 3.05) is 5.75 Å². The Balaban J connectivity index is 2.17. The molecule has 5 nitrogen and oxygen atoms in total. The highest BCUT2D eigenvalue weighted by molar-refractivity contribution is 7.89. The Morgan fingerprint density at radius 2 is 1.89 bits per heavy atom. The zero-order valence-electron chi connectivity index (χ0n) is 10.7. The number of aliphatic carboxylic acids is 1. The van der Waals surface area contributed by atoms with Crippen molar-refractivity contribution < 1.29 is 18.3 Å². The monoisotopic (exact) mass is 283 g/mol. The maximum Gasteiger partial charge on any atom is 0.320 e. The van der Waals surface area contributed by atoms with E-state index in [1.807, 2.05) is 31.2 Å². The van der Waals surface area contributed by atoms with Crippen molar-refractivity contribution in [3.8, 4) is 0 Å². The van der Waals surface area contributed by atoms with Gasteiger partial charge in [0.15, 0.2) is 5.75 Å². The predicted molar refractivity (Wildman–Crippen MR) is 71.2 cm³/mol. The lowest BCUT2D eigenvalue weighted by Gasteiger charge is -2.21. The first-order valence-corrected chi connectivity index (χ1v) is 7.76. The van der Waals surface area contributed by atoms with Gasteiger partial charge in [0.05, 0.1) is 0 Å². The number of aryl methyl sites for hydroxylation is 1. The van der Waals surface area contributed by atoms with Crippen LogP contribution >= 0.6 is 0 Å². The van der Waals surface area contributed by atoms with Gasteiger partial charge >= 0.3 is 5.97 Å². The van der Waals surface area contributed by atoms with Crippen LogP contribution in [0.3, 0.4) is 0 Å². The Morgan fingerprint density at radius 3 is 2.37 bits per heavy atom. The van der Waals surface area contributed by atoms with Gasteiger partial charge < -0.3 is 5.11 Å². The molecule has 0 aromatic heterocycles. The Hall–Kier alpha value is -1.40. The number of carboxylic acids is 1. The van der Waals surface area contributed by atoms with Gasteiger partial charge in [-0.05, 0) is 25.3 Å². The van der Waals surface area contributed by atoms with Crippen LogP contribution in [0.4, 0.5) is 0 Å². The Kier molecular flexibility index (Phi) is 3.91. The van der Waals surface area contributed by atoms with E-state index in [0.717, 1.165) is 24.0 Å². The zero-order valence-corrected chi connectivity index (χ0v) is 11.6. The van der Waals surface area contributed by atoms with Crippen molar-refractivity contribution in [3.63, 3.8) is 0 Å². The summed E-state index contributed by atoms with van der Waals surface area (Å²) in [7, 11) is -3.73. The molecule has 1 aliphatic rings. The van der Waals surface area contributed by atoms with E-state index in [0.29, 0.717) is 0 Å². The summed E-state index contributed by atoms with van der Waals surface area (Å²) in [5.74, 6) is -2.15. The lowest BCUT2D eigenvalue weighted by atomic mass is 10.1. The SMILES string of the molecule is Cc1ccc(CN(C2CC2)S(=O)(=O)CC(=O)O)cc1. The highest BCUT2D eigenvalue weighted by atomic mass is 32.2. The molecule has 0 unspecified atom stereocenters. The van der Waals surface area contributed by atoms with Crippen molar-refractivity contribution in [2.45, 2.75) is 32.4 Å². The standard InChI is InChI=1S/C13H17NO4S/c1-10-2-4-11(5-3-10)8-14(12-6-7-12)19(17,18)9-13(15)16/h2-5,12H,6-9H2,1H3,(H,15,16). The second kappa shape index (κ2) is 5.30. The molecule has 1 fully saturated rings. The number of rotatable bonds is 6. The molecule has 1 N–H and O–H groups in total. The predicted octanol–water partition coefficient (Wildman–Crippen LogP) is 1.37. The van der Waals surface area contributed by atoms with Crippen LogP contribution < -0.4 is 0 Å². The van der Waals surface area contributed by atoms with E-state index >= 15 is 0 Å². The van der Waals surface area contributed by atoms with Crippen molar-refractivity contribution in [1.82, 2.24) is 4.31 Å². The largest absolute Gasteiger partial charge is 0.480 e. The fraction of sp³-hybridized carbons (Fsp3) is 0.462. The highest BCUT2D eigenvalue weighted by Gasteiger charge is 2.38. The third kappa shape index (κ3) is 3.78. The Labute approximate surface area is 112 Å². The van der Waals surface area contributed by atoms with E-state index in [1.54, 1.807) is 0 Å². The molecule has 0 aliphatic heterocycles. The van der Waals surface area contributed by atoms with Crippen LogP contribution in [0.25, 0.3) is 0 Å². The molecule has 0 saturated heterocycles. The van der Waals surface area contributed by atoms with Gasteiger partial charge in [-0.25, -0.2) is 8.42 Å². The van der Waals surface area contributed by atoms with Gasteiger partial charge in [0, 0.05) is 12.6 Å². The minimum absolute atomic E-state index is 0.0364. The number of carbonyl (C=O) groups is 1. The maximum atomic E-state index is 12.0. The maximum absolute atomic E-state index is 12.0. The number of carboxylic acid groups (broad SMARTS) is 1. The van der Waals surface area contributed by atoms with Gasteiger partial charge in [0.2, 0.25) is 10.0 Å². The van der Waals surface area contributed by atoms with Crippen LogP contribution in [-0.4, -0.2) is 35.6 Å². The lowest BCUT2D eigenvalue weighted by Crippen LogP contribution is -2.36. The van der Waals surface area contributed by atoms with Crippen LogP contribution in [0, 0.1) is 6.92 Å². The van der Waals surface area contributed by atoms with E-state index in [1.165, 1.54) is 4.31 Å². The normalized spacial score (nSPS) is 15.7. The second-order valence-electron chi connectivity index (χ2n) is 4.91. The molecular weight excluding hydrogens is 266 g/mol. The summed E-state index contributed by atoms with van der Waals surface area (Å²) in [6.07, 6.45) is 1.62. The summed E-state index contributed by atoms with van der Waals surface area (Å²) in [6, 6.07) is 7.56. The molecule has 1 aromatic rings. The first-order valence-electron chi connectivity index (χ1n) is 6.15. The summed E-state index contributed by atoms with van der Waals surface area (Å²) < 4.78 is 25.4. The summed E-state index contributed by atoms with van der Waals surface area (Å²) >= 11 is 0. The lowest BCUT2D eigenvalue weighted by molar-refractivity contribution is -0.134. The van der Waals surface area contributed by atoms with Crippen LogP contribution in [0.15, 0.2) is 24.3 Å². The average Bonchev–Trinajstić information content (AvgIpc) is 3.10. The van der Waals surface area contributed by atoms with Crippen molar-refractivity contribution >= 4 is 16.0 Å². The molecule has 104 valence electrons. The second-order valence-corrected chi connectivity index (χ2v) is 6.83. The molecule has 2 rings (SSSR count). The van der Waals surface area contributed by atoms with Gasteiger partial charge in [-0.1, -0.05) is 29.8 Å². The molecule has 1 aromatic carbocycles. The van der Waals surface area contributed by atoms with E-state index < -0.39 is 21.7 Å². The number of hydrogen-bond acceptors (Lipinski definition) is 3. The number of hydrogen-bond donors (Lipinski definition) is 1. The molecule has 19 heavy (non-hydrogen) atoms.